The fraction of sp³-hybridized carbons (Fsp3) is 0.462. The van der Waals surface area contributed by atoms with Gasteiger partial charge >= 0.3 is 0 Å². The van der Waals surface area contributed by atoms with Gasteiger partial charge in [0.25, 0.3) is 5.91 Å². The van der Waals surface area contributed by atoms with Crippen LogP contribution in [0.2, 0.25) is 10.0 Å². The van der Waals surface area contributed by atoms with Crippen LogP contribution in [0.4, 0.5) is 0 Å². The number of carbonyl (C=O) groups excluding carboxylic acids is 2. The highest BCUT2D eigenvalue weighted by molar-refractivity contribution is 9.10. The Balaban J connectivity index is 1.77. The predicted octanol–water partition coefficient (Wildman–Crippen LogP) is 6.56. The van der Waals surface area contributed by atoms with E-state index >= 15 is 0 Å². The molecular formula is C26H31BrCl2N2O3. The first-order valence-electron chi connectivity index (χ1n) is 11.7. The summed E-state index contributed by atoms with van der Waals surface area (Å²) in [5, 5.41) is 4.01. The monoisotopic (exact) mass is 568 g/mol. The fourth-order valence-corrected chi connectivity index (χ4v) is 5.17. The van der Waals surface area contributed by atoms with Gasteiger partial charge in [0.1, 0.15) is 11.8 Å². The van der Waals surface area contributed by atoms with E-state index in [2.05, 4.69) is 28.2 Å². The van der Waals surface area contributed by atoms with Crippen LogP contribution in [-0.2, 0) is 22.6 Å². The molecular weight excluding hydrogens is 539 g/mol. The van der Waals surface area contributed by atoms with Crippen molar-refractivity contribution < 1.29 is 14.3 Å². The molecule has 3 rings (SSSR count). The van der Waals surface area contributed by atoms with Crippen molar-refractivity contribution in [2.45, 2.75) is 71.0 Å². The highest BCUT2D eigenvalue weighted by Gasteiger charge is 2.29. The van der Waals surface area contributed by atoms with Gasteiger partial charge in [-0.1, -0.05) is 61.5 Å². The Bertz CT molecular complexity index is 991. The van der Waals surface area contributed by atoms with Gasteiger partial charge in [0.2, 0.25) is 5.91 Å². The van der Waals surface area contributed by atoms with Crippen LogP contribution in [0.1, 0.15) is 57.1 Å². The molecule has 1 N–H and O–H groups in total. The van der Waals surface area contributed by atoms with E-state index in [4.69, 9.17) is 27.9 Å². The van der Waals surface area contributed by atoms with E-state index in [-0.39, 0.29) is 31.0 Å². The SMILES string of the molecule is CCc1ccc(OCC(=O)N(Cc2c(Cl)cccc2Cl)[C@H](C)C(=O)NC2CCCCC2)c(Br)c1. The number of rotatable bonds is 9. The second-order valence-corrected chi connectivity index (χ2v) is 10.3. The zero-order chi connectivity index (χ0) is 24.7. The third kappa shape index (κ3) is 7.12. The fourth-order valence-electron chi connectivity index (χ4n) is 4.11. The van der Waals surface area contributed by atoms with Crippen molar-refractivity contribution >= 4 is 50.9 Å². The zero-order valence-corrected chi connectivity index (χ0v) is 22.7. The van der Waals surface area contributed by atoms with Gasteiger partial charge in [0.05, 0.1) is 4.47 Å². The van der Waals surface area contributed by atoms with Crippen molar-refractivity contribution in [3.05, 3.63) is 62.0 Å². The first-order chi connectivity index (χ1) is 16.3. The molecule has 8 heteroatoms. The van der Waals surface area contributed by atoms with E-state index in [0.29, 0.717) is 21.4 Å². The van der Waals surface area contributed by atoms with Crippen LogP contribution in [0, 0.1) is 0 Å². The first kappa shape index (κ1) is 26.8. The van der Waals surface area contributed by atoms with Crippen LogP contribution >= 0.6 is 39.1 Å². The van der Waals surface area contributed by atoms with Crippen LogP contribution in [0.25, 0.3) is 0 Å². The number of ether oxygens (including phenoxy) is 1. The lowest BCUT2D eigenvalue weighted by Gasteiger charge is -2.31. The van der Waals surface area contributed by atoms with Crippen LogP contribution in [0.5, 0.6) is 5.75 Å². The van der Waals surface area contributed by atoms with Crippen molar-refractivity contribution in [1.82, 2.24) is 10.2 Å². The lowest BCUT2D eigenvalue weighted by atomic mass is 9.95. The summed E-state index contributed by atoms with van der Waals surface area (Å²) in [6.45, 7) is 3.69. The van der Waals surface area contributed by atoms with E-state index in [1.54, 1.807) is 25.1 Å². The van der Waals surface area contributed by atoms with Gasteiger partial charge < -0.3 is 15.0 Å². The molecule has 0 spiro atoms. The quantitative estimate of drug-likeness (QED) is 0.372. The maximum atomic E-state index is 13.3. The summed E-state index contributed by atoms with van der Waals surface area (Å²) in [6, 6.07) is 10.4. The third-order valence-corrected chi connectivity index (χ3v) is 7.59. The molecule has 0 aromatic heterocycles. The number of carbonyl (C=O) groups is 2. The highest BCUT2D eigenvalue weighted by Crippen LogP contribution is 2.28. The minimum Gasteiger partial charge on any atom is -0.483 e. The predicted molar refractivity (Wildman–Crippen MR) is 141 cm³/mol. The number of benzene rings is 2. The van der Waals surface area contributed by atoms with Crippen molar-refractivity contribution in [3.8, 4) is 5.75 Å². The molecule has 1 aliphatic carbocycles. The van der Waals surface area contributed by atoms with Gasteiger partial charge in [-0.3, -0.25) is 9.59 Å². The molecule has 2 aromatic rings. The Labute approximate surface area is 220 Å². The normalized spacial score (nSPS) is 15.0. The first-order valence-corrected chi connectivity index (χ1v) is 13.3. The number of nitrogens with zero attached hydrogens (tertiary/aromatic N) is 1. The summed E-state index contributed by atoms with van der Waals surface area (Å²) >= 11 is 16.3. The van der Waals surface area contributed by atoms with E-state index in [1.807, 2.05) is 18.2 Å². The lowest BCUT2D eigenvalue weighted by Crippen LogP contribution is -2.51. The Hall–Kier alpha value is -1.76. The molecule has 0 bridgehead atoms. The van der Waals surface area contributed by atoms with Crippen LogP contribution < -0.4 is 10.1 Å². The number of hydrogen-bond donors (Lipinski definition) is 1. The summed E-state index contributed by atoms with van der Waals surface area (Å²) in [5.74, 6) is 0.0613. The minimum absolute atomic E-state index is 0.107. The number of nitrogens with one attached hydrogen (secondary N) is 1. The van der Waals surface area contributed by atoms with Crippen molar-refractivity contribution in [3.63, 3.8) is 0 Å². The Morgan fingerprint density at radius 3 is 2.44 bits per heavy atom. The average Bonchev–Trinajstić information content (AvgIpc) is 2.83. The van der Waals surface area contributed by atoms with Crippen LogP contribution in [0.15, 0.2) is 40.9 Å². The van der Waals surface area contributed by atoms with Gasteiger partial charge in [-0.05, 0) is 71.9 Å². The summed E-state index contributed by atoms with van der Waals surface area (Å²) < 4.78 is 6.60. The Kier molecular flexibility index (Phi) is 10.1. The minimum atomic E-state index is -0.712. The summed E-state index contributed by atoms with van der Waals surface area (Å²) in [6.07, 6.45) is 6.25. The van der Waals surface area contributed by atoms with E-state index < -0.39 is 6.04 Å². The van der Waals surface area contributed by atoms with E-state index in [0.717, 1.165) is 42.1 Å². The van der Waals surface area contributed by atoms with Gasteiger partial charge in [-0.25, -0.2) is 0 Å². The number of hydrogen-bond acceptors (Lipinski definition) is 3. The third-order valence-electron chi connectivity index (χ3n) is 6.26. The maximum Gasteiger partial charge on any atom is 0.261 e. The second-order valence-electron chi connectivity index (χ2n) is 8.65. The molecule has 0 unspecified atom stereocenters. The second kappa shape index (κ2) is 12.8. The molecule has 1 fully saturated rings. The molecule has 5 nitrogen and oxygen atoms in total. The van der Waals surface area contributed by atoms with Gasteiger partial charge in [0, 0.05) is 28.2 Å². The molecule has 34 heavy (non-hydrogen) atoms. The van der Waals surface area contributed by atoms with Crippen molar-refractivity contribution in [1.29, 1.82) is 0 Å². The molecule has 184 valence electrons. The van der Waals surface area contributed by atoms with E-state index in [9.17, 15) is 9.59 Å². The summed E-state index contributed by atoms with van der Waals surface area (Å²) in [4.78, 5) is 27.9. The Morgan fingerprint density at radius 1 is 1.15 bits per heavy atom. The highest BCUT2D eigenvalue weighted by atomic mass is 79.9. The molecule has 0 radical (unpaired) electrons. The standard InChI is InChI=1S/C26H31BrCl2N2O3/c1-3-18-12-13-24(21(27)14-18)34-16-25(32)31(15-20-22(28)10-7-11-23(20)29)17(2)26(33)30-19-8-5-4-6-9-19/h7,10-14,17,19H,3-6,8-9,15-16H2,1-2H3,(H,30,33)/t17-/m1/s1. The Morgan fingerprint density at radius 2 is 1.82 bits per heavy atom. The topological polar surface area (TPSA) is 58.6 Å². The molecule has 1 saturated carbocycles. The zero-order valence-electron chi connectivity index (χ0n) is 19.6. The largest absolute Gasteiger partial charge is 0.483 e. The average molecular weight is 570 g/mol. The molecule has 0 saturated heterocycles. The lowest BCUT2D eigenvalue weighted by molar-refractivity contribution is -0.142. The van der Waals surface area contributed by atoms with Gasteiger partial charge in [-0.15, -0.1) is 0 Å². The molecule has 0 heterocycles. The summed E-state index contributed by atoms with van der Waals surface area (Å²) in [5.41, 5.74) is 1.76. The molecule has 1 aliphatic rings. The molecule has 2 amide bonds. The van der Waals surface area contributed by atoms with Crippen molar-refractivity contribution in [2.24, 2.45) is 0 Å². The molecule has 0 aliphatic heterocycles. The van der Waals surface area contributed by atoms with Gasteiger partial charge in [-0.2, -0.15) is 0 Å². The van der Waals surface area contributed by atoms with Crippen LogP contribution in [-0.4, -0.2) is 35.4 Å². The molecule has 1 atom stereocenters. The number of aryl methyl sites for hydroxylation is 1. The molecule has 2 aromatic carbocycles. The van der Waals surface area contributed by atoms with Crippen molar-refractivity contribution in [2.75, 3.05) is 6.61 Å². The van der Waals surface area contributed by atoms with Gasteiger partial charge in [0.15, 0.2) is 6.61 Å². The smallest absolute Gasteiger partial charge is 0.261 e. The number of amides is 2. The van der Waals surface area contributed by atoms with Crippen LogP contribution in [0.3, 0.4) is 0 Å². The van der Waals surface area contributed by atoms with E-state index in [1.165, 1.54) is 11.3 Å². The number of halogens is 3. The summed E-state index contributed by atoms with van der Waals surface area (Å²) in [7, 11) is 0. The maximum absolute atomic E-state index is 13.3.